The molecule has 2 aromatic carbocycles. The Balaban J connectivity index is 1.63. The zero-order chi connectivity index (χ0) is 19.6. The van der Waals surface area contributed by atoms with E-state index in [4.69, 9.17) is 0 Å². The normalized spacial score (nSPS) is 17.3. The van der Waals surface area contributed by atoms with E-state index in [2.05, 4.69) is 5.32 Å². The van der Waals surface area contributed by atoms with Crippen molar-refractivity contribution in [2.45, 2.75) is 19.1 Å². The van der Waals surface area contributed by atoms with Crippen molar-refractivity contribution in [1.29, 1.82) is 0 Å². The molecule has 1 N–H and O–H groups in total. The highest BCUT2D eigenvalue weighted by atomic mass is 19.4. The molecule has 0 saturated carbocycles. The summed E-state index contributed by atoms with van der Waals surface area (Å²) in [7, 11) is 0. The van der Waals surface area contributed by atoms with Gasteiger partial charge in [-0.15, -0.1) is 0 Å². The van der Waals surface area contributed by atoms with Crippen molar-refractivity contribution in [2.75, 3.05) is 11.4 Å². The van der Waals surface area contributed by atoms with Crippen LogP contribution in [-0.2, 0) is 22.3 Å². The van der Waals surface area contributed by atoms with Gasteiger partial charge >= 0.3 is 6.18 Å². The van der Waals surface area contributed by atoms with E-state index < -0.39 is 35.3 Å². The van der Waals surface area contributed by atoms with Gasteiger partial charge in [0.1, 0.15) is 11.7 Å². The van der Waals surface area contributed by atoms with Crippen LogP contribution in [-0.4, -0.2) is 18.4 Å². The second kappa shape index (κ2) is 7.38. The molecule has 0 aliphatic carbocycles. The lowest BCUT2D eigenvalue weighted by Gasteiger charge is -2.17. The number of hydrogen-bond donors (Lipinski definition) is 1. The van der Waals surface area contributed by atoms with Gasteiger partial charge in [0.15, 0.2) is 0 Å². The monoisotopic (exact) mass is 380 g/mol. The summed E-state index contributed by atoms with van der Waals surface area (Å²) in [5, 5.41) is 2.51. The van der Waals surface area contributed by atoms with E-state index in [1.165, 1.54) is 35.2 Å². The fourth-order valence-corrected chi connectivity index (χ4v) is 2.99. The molecular formula is C19H16F4N2O2. The molecule has 2 aromatic rings. The number of carbonyl (C=O) groups is 2. The van der Waals surface area contributed by atoms with Crippen molar-refractivity contribution in [3.8, 4) is 0 Å². The highest BCUT2D eigenvalue weighted by molar-refractivity contribution is 6.09. The number of hydrogen-bond acceptors (Lipinski definition) is 2. The van der Waals surface area contributed by atoms with Crippen molar-refractivity contribution >= 4 is 17.5 Å². The number of nitrogens with one attached hydrogen (secondary N) is 1. The number of rotatable bonds is 4. The predicted octanol–water partition coefficient (Wildman–Crippen LogP) is 3.51. The number of halogens is 4. The molecule has 0 unspecified atom stereocenters. The quantitative estimate of drug-likeness (QED) is 0.652. The molecule has 8 heteroatoms. The van der Waals surface area contributed by atoms with Gasteiger partial charge in [-0.1, -0.05) is 18.2 Å². The van der Waals surface area contributed by atoms with Crippen LogP contribution in [0.5, 0.6) is 0 Å². The number of benzene rings is 2. The summed E-state index contributed by atoms with van der Waals surface area (Å²) >= 11 is 0. The van der Waals surface area contributed by atoms with E-state index in [1.807, 2.05) is 0 Å². The molecule has 1 fully saturated rings. The summed E-state index contributed by atoms with van der Waals surface area (Å²) in [5.41, 5.74) is -0.151. The summed E-state index contributed by atoms with van der Waals surface area (Å²) in [4.78, 5) is 26.1. The molecule has 142 valence electrons. The molecule has 0 radical (unpaired) electrons. The summed E-state index contributed by atoms with van der Waals surface area (Å²) in [5.74, 6) is -2.45. The molecule has 1 aliphatic rings. The van der Waals surface area contributed by atoms with Crippen LogP contribution in [0.3, 0.4) is 0 Å². The van der Waals surface area contributed by atoms with Gasteiger partial charge in [0.2, 0.25) is 11.8 Å². The average Bonchev–Trinajstić information content (AvgIpc) is 3.01. The van der Waals surface area contributed by atoms with Crippen LogP contribution in [0.1, 0.15) is 17.5 Å². The molecule has 1 heterocycles. The molecular weight excluding hydrogens is 364 g/mol. The van der Waals surface area contributed by atoms with Gasteiger partial charge in [0.05, 0.1) is 5.56 Å². The fourth-order valence-electron chi connectivity index (χ4n) is 2.99. The maximum absolute atomic E-state index is 13.3. The zero-order valence-electron chi connectivity index (χ0n) is 14.1. The van der Waals surface area contributed by atoms with Gasteiger partial charge in [-0.2, -0.15) is 13.2 Å². The molecule has 1 atom stereocenters. The first-order valence-electron chi connectivity index (χ1n) is 8.26. The molecule has 1 aliphatic heterocycles. The topological polar surface area (TPSA) is 49.4 Å². The fraction of sp³-hybridized carbons (Fsp3) is 0.263. The lowest BCUT2D eigenvalue weighted by Crippen LogP contribution is -2.36. The highest BCUT2D eigenvalue weighted by Gasteiger charge is 2.37. The molecule has 0 aromatic heterocycles. The van der Waals surface area contributed by atoms with Gasteiger partial charge < -0.3 is 10.2 Å². The number of alkyl halides is 3. The lowest BCUT2D eigenvalue weighted by molar-refractivity contribution is -0.137. The van der Waals surface area contributed by atoms with Crippen LogP contribution >= 0.6 is 0 Å². The van der Waals surface area contributed by atoms with Crippen molar-refractivity contribution in [1.82, 2.24) is 5.32 Å². The minimum Gasteiger partial charge on any atom is -0.351 e. The molecule has 3 rings (SSSR count). The molecule has 27 heavy (non-hydrogen) atoms. The Hall–Kier alpha value is -2.90. The first kappa shape index (κ1) is 18.9. The van der Waals surface area contributed by atoms with Gasteiger partial charge in [0.25, 0.3) is 0 Å². The Morgan fingerprint density at radius 2 is 1.89 bits per heavy atom. The van der Waals surface area contributed by atoms with Gasteiger partial charge in [-0.05, 0) is 42.3 Å². The Kier molecular flexibility index (Phi) is 5.16. The smallest absolute Gasteiger partial charge is 0.351 e. The second-order valence-electron chi connectivity index (χ2n) is 6.23. The first-order chi connectivity index (χ1) is 12.8. The molecule has 2 amide bonds. The zero-order valence-corrected chi connectivity index (χ0v) is 14.1. The van der Waals surface area contributed by atoms with Crippen LogP contribution in [0.15, 0.2) is 48.5 Å². The summed E-state index contributed by atoms with van der Waals surface area (Å²) < 4.78 is 51.5. The Labute approximate surface area is 152 Å². The standard InChI is InChI=1S/C19H16F4N2O2/c20-14-5-2-6-15(10-14)25-8-7-16(18(25)27)17(26)24-11-12-3-1-4-13(9-12)19(21,22)23/h1-6,9-10,16H,7-8,11H2,(H,24,26)/t16-/m1/s1. The van der Waals surface area contributed by atoms with Crippen LogP contribution in [0, 0.1) is 11.7 Å². The SMILES string of the molecule is O=C(NCc1cccc(C(F)(F)F)c1)[C@H]1CCN(c2cccc(F)c2)C1=O. The van der Waals surface area contributed by atoms with E-state index in [-0.39, 0.29) is 25.1 Å². The minimum atomic E-state index is -4.47. The minimum absolute atomic E-state index is 0.119. The molecule has 4 nitrogen and oxygen atoms in total. The van der Waals surface area contributed by atoms with Gasteiger partial charge in [-0.3, -0.25) is 9.59 Å². The van der Waals surface area contributed by atoms with E-state index in [0.29, 0.717) is 5.69 Å². The number of anilines is 1. The maximum Gasteiger partial charge on any atom is 0.416 e. The van der Waals surface area contributed by atoms with Gasteiger partial charge in [-0.25, -0.2) is 4.39 Å². The first-order valence-corrected chi connectivity index (χ1v) is 8.26. The predicted molar refractivity (Wildman–Crippen MR) is 90.2 cm³/mol. The third kappa shape index (κ3) is 4.27. The molecule has 0 bridgehead atoms. The van der Waals surface area contributed by atoms with Crippen LogP contribution < -0.4 is 10.2 Å². The summed E-state index contributed by atoms with van der Waals surface area (Å²) in [6.45, 7) is 0.149. The summed E-state index contributed by atoms with van der Waals surface area (Å²) in [6.07, 6.45) is -4.21. The number of carbonyl (C=O) groups excluding carboxylic acids is 2. The highest BCUT2D eigenvalue weighted by Crippen LogP contribution is 2.30. The Bertz CT molecular complexity index is 867. The Morgan fingerprint density at radius 1 is 1.15 bits per heavy atom. The summed E-state index contributed by atoms with van der Waals surface area (Å²) in [6, 6.07) is 10.1. The second-order valence-corrected chi connectivity index (χ2v) is 6.23. The lowest BCUT2D eigenvalue weighted by atomic mass is 10.1. The number of nitrogens with zero attached hydrogens (tertiary/aromatic N) is 1. The average molecular weight is 380 g/mol. The van der Waals surface area contributed by atoms with Crippen LogP contribution in [0.4, 0.5) is 23.2 Å². The van der Waals surface area contributed by atoms with E-state index >= 15 is 0 Å². The maximum atomic E-state index is 13.3. The van der Waals surface area contributed by atoms with Crippen molar-refractivity contribution in [2.24, 2.45) is 5.92 Å². The van der Waals surface area contributed by atoms with Crippen LogP contribution in [0.2, 0.25) is 0 Å². The largest absolute Gasteiger partial charge is 0.416 e. The van der Waals surface area contributed by atoms with E-state index in [0.717, 1.165) is 12.1 Å². The molecule has 0 spiro atoms. The van der Waals surface area contributed by atoms with Crippen molar-refractivity contribution in [3.63, 3.8) is 0 Å². The number of amides is 2. The van der Waals surface area contributed by atoms with E-state index in [1.54, 1.807) is 6.07 Å². The third-order valence-electron chi connectivity index (χ3n) is 4.36. The van der Waals surface area contributed by atoms with E-state index in [9.17, 15) is 27.2 Å². The van der Waals surface area contributed by atoms with Crippen molar-refractivity contribution in [3.05, 3.63) is 65.5 Å². The molecule has 1 saturated heterocycles. The van der Waals surface area contributed by atoms with Crippen LogP contribution in [0.25, 0.3) is 0 Å². The van der Waals surface area contributed by atoms with Crippen molar-refractivity contribution < 1.29 is 27.2 Å². The Morgan fingerprint density at radius 3 is 2.59 bits per heavy atom. The van der Waals surface area contributed by atoms with Gasteiger partial charge in [0, 0.05) is 18.8 Å². The third-order valence-corrected chi connectivity index (χ3v) is 4.36.